The average molecular weight is 475 g/mol. The monoisotopic (exact) mass is 474 g/mol. The molecule has 5 rings (SSSR count). The average Bonchev–Trinajstić information content (AvgIpc) is 3.62. The van der Waals surface area contributed by atoms with Crippen LogP contribution in [0, 0.1) is 5.41 Å². The predicted molar refractivity (Wildman–Crippen MR) is 134 cm³/mol. The van der Waals surface area contributed by atoms with Gasteiger partial charge >= 0.3 is 0 Å². The number of anilines is 3. The van der Waals surface area contributed by atoms with Crippen molar-refractivity contribution in [3.63, 3.8) is 0 Å². The van der Waals surface area contributed by atoms with Crippen LogP contribution in [0.3, 0.4) is 0 Å². The lowest BCUT2D eigenvalue weighted by molar-refractivity contribution is 0.0336. The smallest absolute Gasteiger partial charge is 0.225 e. The van der Waals surface area contributed by atoms with Crippen molar-refractivity contribution in [2.75, 3.05) is 43.5 Å². The van der Waals surface area contributed by atoms with Crippen molar-refractivity contribution in [1.82, 2.24) is 25.1 Å². The summed E-state index contributed by atoms with van der Waals surface area (Å²) in [6.07, 6.45) is 3.83. The molecule has 35 heavy (non-hydrogen) atoms. The number of morpholine rings is 1. The number of aliphatic hydroxyl groups excluding tert-OH is 1. The molecule has 2 aliphatic rings. The Morgan fingerprint density at radius 2 is 1.94 bits per heavy atom. The predicted octanol–water partition coefficient (Wildman–Crippen LogP) is 3.57. The molecular weight excluding hydrogens is 444 g/mol. The van der Waals surface area contributed by atoms with Gasteiger partial charge in [0.25, 0.3) is 0 Å². The van der Waals surface area contributed by atoms with Crippen LogP contribution < -0.4 is 10.6 Å². The Hall–Kier alpha value is -3.76. The minimum Gasteiger partial charge on any atom is -0.510 e. The van der Waals surface area contributed by atoms with Crippen molar-refractivity contribution >= 4 is 23.3 Å². The molecule has 5 N–H and O–H groups in total. The highest BCUT2D eigenvalue weighted by Crippen LogP contribution is 2.39. The minimum atomic E-state index is 0.0249. The quantitative estimate of drug-likeness (QED) is 0.222. The van der Waals surface area contributed by atoms with Gasteiger partial charge in [-0.25, -0.2) is 4.98 Å². The molecule has 0 spiro atoms. The standard InChI is InChI=1S/C25H30N8O2/c26-21(17-4-2-1-3-5-17)13-20(34)15-27-25-28-19(16-33-8-10-35-11-9-33)12-23(30-25)29-24-14-22(31-32-24)18-6-7-18/h1-5,12-14,18,26,34H,6-11,15-16H2,(H3,27,28,29,30,31,32)/b20-13-,26-21?. The van der Waals surface area contributed by atoms with E-state index in [-0.39, 0.29) is 18.0 Å². The van der Waals surface area contributed by atoms with E-state index in [1.165, 1.54) is 18.9 Å². The maximum absolute atomic E-state index is 10.4. The van der Waals surface area contributed by atoms with Crippen LogP contribution in [0.5, 0.6) is 0 Å². The van der Waals surface area contributed by atoms with E-state index in [1.807, 2.05) is 42.5 Å². The number of hydrogen-bond donors (Lipinski definition) is 5. The molecule has 10 nitrogen and oxygen atoms in total. The number of rotatable bonds is 10. The van der Waals surface area contributed by atoms with E-state index < -0.39 is 0 Å². The number of benzene rings is 1. The Balaban J connectivity index is 1.29. The Morgan fingerprint density at radius 1 is 1.14 bits per heavy atom. The Morgan fingerprint density at radius 3 is 2.71 bits per heavy atom. The summed E-state index contributed by atoms with van der Waals surface area (Å²) in [4.78, 5) is 11.5. The number of nitrogens with one attached hydrogen (secondary N) is 4. The third kappa shape index (κ3) is 6.43. The summed E-state index contributed by atoms with van der Waals surface area (Å²) in [6, 6.07) is 13.2. The minimum absolute atomic E-state index is 0.0249. The zero-order valence-corrected chi connectivity index (χ0v) is 19.5. The fraction of sp³-hybridized carbons (Fsp3) is 0.360. The number of aliphatic hydroxyl groups is 1. The summed E-state index contributed by atoms with van der Waals surface area (Å²) in [7, 11) is 0. The molecule has 3 heterocycles. The van der Waals surface area contributed by atoms with Crippen molar-refractivity contribution in [3.05, 3.63) is 71.3 Å². The number of H-pyrrole nitrogens is 1. The largest absolute Gasteiger partial charge is 0.510 e. The lowest BCUT2D eigenvalue weighted by Crippen LogP contribution is -2.36. The van der Waals surface area contributed by atoms with E-state index in [9.17, 15) is 5.11 Å². The van der Waals surface area contributed by atoms with E-state index in [0.29, 0.717) is 43.3 Å². The Labute approximate surface area is 204 Å². The summed E-state index contributed by atoms with van der Waals surface area (Å²) in [5, 5.41) is 32.4. The highest BCUT2D eigenvalue weighted by atomic mass is 16.5. The number of allylic oxidation sites excluding steroid dienone is 1. The topological polar surface area (TPSA) is 135 Å². The van der Waals surface area contributed by atoms with E-state index in [2.05, 4.69) is 35.7 Å². The first kappa shape index (κ1) is 23.0. The molecule has 1 aliphatic carbocycles. The molecule has 182 valence electrons. The van der Waals surface area contributed by atoms with Crippen molar-refractivity contribution < 1.29 is 9.84 Å². The van der Waals surface area contributed by atoms with E-state index in [4.69, 9.17) is 10.1 Å². The first-order valence-electron chi connectivity index (χ1n) is 11.9. The highest BCUT2D eigenvalue weighted by molar-refractivity contribution is 6.06. The maximum Gasteiger partial charge on any atom is 0.225 e. The number of aromatic amines is 1. The van der Waals surface area contributed by atoms with Crippen molar-refractivity contribution in [3.8, 4) is 0 Å². The van der Waals surface area contributed by atoms with Crippen LogP contribution in [0.2, 0.25) is 0 Å². The van der Waals surface area contributed by atoms with Gasteiger partial charge in [0.05, 0.1) is 31.2 Å². The van der Waals surface area contributed by atoms with Crippen LogP contribution in [0.15, 0.2) is 54.3 Å². The third-order valence-corrected chi connectivity index (χ3v) is 5.96. The van der Waals surface area contributed by atoms with Gasteiger partial charge in [-0.1, -0.05) is 30.3 Å². The molecular formula is C25H30N8O2. The van der Waals surface area contributed by atoms with Gasteiger partial charge in [-0.2, -0.15) is 10.1 Å². The van der Waals surface area contributed by atoms with Crippen LogP contribution >= 0.6 is 0 Å². The van der Waals surface area contributed by atoms with E-state index in [1.54, 1.807) is 0 Å². The lowest BCUT2D eigenvalue weighted by Gasteiger charge is -2.26. The molecule has 10 heteroatoms. The van der Waals surface area contributed by atoms with Crippen molar-refractivity contribution in [2.24, 2.45) is 0 Å². The van der Waals surface area contributed by atoms with Gasteiger partial charge in [0.2, 0.25) is 5.95 Å². The van der Waals surface area contributed by atoms with Gasteiger partial charge in [0.15, 0.2) is 5.82 Å². The molecule has 3 aromatic rings. The van der Waals surface area contributed by atoms with Crippen LogP contribution in [0.4, 0.5) is 17.6 Å². The number of ether oxygens (including phenoxy) is 1. The van der Waals surface area contributed by atoms with E-state index >= 15 is 0 Å². The second kappa shape index (κ2) is 10.7. The molecule has 0 bridgehead atoms. The first-order valence-corrected chi connectivity index (χ1v) is 11.9. The van der Waals surface area contributed by atoms with Gasteiger partial charge < -0.3 is 25.9 Å². The summed E-state index contributed by atoms with van der Waals surface area (Å²) in [5.74, 6) is 2.34. The molecule has 1 aliphatic heterocycles. The summed E-state index contributed by atoms with van der Waals surface area (Å²) in [5.41, 5.74) is 2.97. The molecule has 0 radical (unpaired) electrons. The molecule has 0 amide bonds. The Bertz CT molecular complexity index is 1180. The van der Waals surface area contributed by atoms with Gasteiger partial charge in [-0.15, -0.1) is 0 Å². The number of hydrogen-bond acceptors (Lipinski definition) is 9. The number of aromatic nitrogens is 4. The fourth-order valence-electron chi connectivity index (χ4n) is 3.93. The zero-order chi connectivity index (χ0) is 24.0. The molecule has 0 unspecified atom stereocenters. The van der Waals surface area contributed by atoms with Crippen LogP contribution in [-0.4, -0.2) is 68.7 Å². The van der Waals surface area contributed by atoms with Crippen LogP contribution in [0.25, 0.3) is 0 Å². The lowest BCUT2D eigenvalue weighted by atomic mass is 10.1. The fourth-order valence-corrected chi connectivity index (χ4v) is 3.93. The first-order chi connectivity index (χ1) is 17.1. The summed E-state index contributed by atoms with van der Waals surface area (Å²) in [6.45, 7) is 3.90. The van der Waals surface area contributed by atoms with Gasteiger partial charge in [-0.05, 0) is 18.4 Å². The SMILES string of the molecule is N=C(/C=C(\O)CNc1nc(CN2CCOCC2)cc(Nc2cc(C3CC3)[nH]n2)n1)c1ccccc1. The van der Waals surface area contributed by atoms with Gasteiger partial charge in [-0.3, -0.25) is 10.00 Å². The number of nitrogens with zero attached hydrogens (tertiary/aromatic N) is 4. The third-order valence-electron chi connectivity index (χ3n) is 5.96. The molecule has 1 saturated carbocycles. The summed E-state index contributed by atoms with van der Waals surface area (Å²) >= 11 is 0. The Kier molecular flexibility index (Phi) is 7.01. The molecule has 2 aromatic heterocycles. The molecule has 2 fully saturated rings. The van der Waals surface area contributed by atoms with E-state index in [0.717, 1.165) is 30.0 Å². The maximum atomic E-state index is 10.4. The van der Waals surface area contributed by atoms with Crippen LogP contribution in [0.1, 0.15) is 35.7 Å². The molecule has 1 saturated heterocycles. The molecule has 1 aromatic carbocycles. The summed E-state index contributed by atoms with van der Waals surface area (Å²) < 4.78 is 5.46. The van der Waals surface area contributed by atoms with Crippen molar-refractivity contribution in [2.45, 2.75) is 25.3 Å². The normalized spacial score (nSPS) is 16.7. The van der Waals surface area contributed by atoms with Gasteiger partial charge in [0, 0.05) is 49.5 Å². The van der Waals surface area contributed by atoms with Crippen LogP contribution in [-0.2, 0) is 11.3 Å². The molecule has 0 atom stereocenters. The second-order valence-electron chi connectivity index (χ2n) is 8.83. The zero-order valence-electron chi connectivity index (χ0n) is 19.5. The van der Waals surface area contributed by atoms with Gasteiger partial charge in [0.1, 0.15) is 11.6 Å². The van der Waals surface area contributed by atoms with Crippen molar-refractivity contribution in [1.29, 1.82) is 5.41 Å². The second-order valence-corrected chi connectivity index (χ2v) is 8.83. The highest BCUT2D eigenvalue weighted by Gasteiger charge is 2.25.